The van der Waals surface area contributed by atoms with Gasteiger partial charge in [-0.05, 0) is 26.0 Å². The smallest absolute Gasteiger partial charge is 0.243 e. The van der Waals surface area contributed by atoms with Gasteiger partial charge in [0.2, 0.25) is 17.5 Å². The van der Waals surface area contributed by atoms with Gasteiger partial charge in [0.05, 0.1) is 5.56 Å². The lowest BCUT2D eigenvalue weighted by molar-refractivity contribution is -0.142. The maximum Gasteiger partial charge on any atom is 0.243 e. The van der Waals surface area contributed by atoms with Crippen LogP contribution in [0.3, 0.4) is 0 Å². The predicted octanol–water partition coefficient (Wildman–Crippen LogP) is 1.36. The second-order valence-corrected chi connectivity index (χ2v) is 4.03. The van der Waals surface area contributed by atoms with Crippen LogP contribution < -0.4 is 0 Å². The van der Waals surface area contributed by atoms with Crippen LogP contribution in [0, 0.1) is 0 Å². The summed E-state index contributed by atoms with van der Waals surface area (Å²) >= 11 is 0. The van der Waals surface area contributed by atoms with Crippen molar-refractivity contribution in [3.63, 3.8) is 0 Å². The molecule has 1 aliphatic rings. The van der Waals surface area contributed by atoms with Crippen molar-refractivity contribution in [3.8, 4) is 0 Å². The van der Waals surface area contributed by atoms with E-state index in [0.717, 1.165) is 5.56 Å². The average Bonchev–Trinajstić information content (AvgIpc) is 2.56. The normalized spacial score (nSPS) is 17.9. The molecule has 16 heavy (non-hydrogen) atoms. The summed E-state index contributed by atoms with van der Waals surface area (Å²) in [5.74, 6) is 0.275. The van der Waals surface area contributed by atoms with E-state index in [0.29, 0.717) is 5.90 Å². The number of rotatable bonds is 1. The molecule has 0 spiro atoms. The maximum absolute atomic E-state index is 11.4. The lowest BCUT2D eigenvalue weighted by atomic mass is 10.2. The van der Waals surface area contributed by atoms with Crippen molar-refractivity contribution >= 4 is 11.8 Å². The molecule has 1 aromatic heterocycles. The average molecular weight is 219 g/mol. The lowest BCUT2D eigenvalue weighted by Gasteiger charge is -2.25. The van der Waals surface area contributed by atoms with Crippen LogP contribution in [0.15, 0.2) is 29.6 Å². The highest BCUT2D eigenvalue weighted by atomic mass is 16.5. The standard InChI is InChI=1S/C11H13N3O2/c1-8(15)14-11(2,3)16-10(13-14)9-5-4-6-12-7-9/h4-7H,1-3H3. The van der Waals surface area contributed by atoms with Crippen molar-refractivity contribution in [2.45, 2.75) is 26.5 Å². The quantitative estimate of drug-likeness (QED) is 0.716. The summed E-state index contributed by atoms with van der Waals surface area (Å²) in [5, 5.41) is 5.48. The second kappa shape index (κ2) is 3.59. The third kappa shape index (κ3) is 1.76. The molecular weight excluding hydrogens is 206 g/mol. The van der Waals surface area contributed by atoms with Crippen LogP contribution >= 0.6 is 0 Å². The highest BCUT2D eigenvalue weighted by Gasteiger charge is 2.38. The minimum Gasteiger partial charge on any atom is -0.448 e. The van der Waals surface area contributed by atoms with Gasteiger partial charge in [0.15, 0.2) is 0 Å². The molecule has 0 atom stereocenters. The Bertz CT molecular complexity index is 440. The first-order valence-corrected chi connectivity index (χ1v) is 4.99. The topological polar surface area (TPSA) is 54.8 Å². The highest BCUT2D eigenvalue weighted by molar-refractivity contribution is 5.96. The van der Waals surface area contributed by atoms with Gasteiger partial charge < -0.3 is 4.74 Å². The molecule has 5 heteroatoms. The summed E-state index contributed by atoms with van der Waals surface area (Å²) in [6.45, 7) is 5.04. The summed E-state index contributed by atoms with van der Waals surface area (Å²) in [5.41, 5.74) is 0.0242. The third-order valence-electron chi connectivity index (χ3n) is 2.25. The van der Waals surface area contributed by atoms with E-state index in [1.807, 2.05) is 6.07 Å². The van der Waals surface area contributed by atoms with Gasteiger partial charge in [0, 0.05) is 19.3 Å². The zero-order valence-corrected chi connectivity index (χ0v) is 9.47. The number of nitrogens with zero attached hydrogens (tertiary/aromatic N) is 3. The number of hydrazone groups is 1. The van der Waals surface area contributed by atoms with E-state index in [4.69, 9.17) is 4.74 Å². The molecule has 84 valence electrons. The Kier molecular flexibility index (Phi) is 2.38. The molecule has 1 aliphatic heterocycles. The summed E-state index contributed by atoms with van der Waals surface area (Å²) in [7, 11) is 0. The van der Waals surface area contributed by atoms with Crippen molar-refractivity contribution in [2.24, 2.45) is 5.10 Å². The molecule has 0 N–H and O–H groups in total. The number of pyridine rings is 1. The van der Waals surface area contributed by atoms with E-state index in [9.17, 15) is 4.79 Å². The van der Waals surface area contributed by atoms with Crippen LogP contribution in [0.5, 0.6) is 0 Å². The molecule has 5 nitrogen and oxygen atoms in total. The van der Waals surface area contributed by atoms with Crippen LogP contribution in [-0.2, 0) is 9.53 Å². The van der Waals surface area contributed by atoms with E-state index < -0.39 is 5.72 Å². The summed E-state index contributed by atoms with van der Waals surface area (Å²) in [4.78, 5) is 15.3. The Labute approximate surface area is 93.7 Å². The molecule has 1 aromatic rings. The van der Waals surface area contributed by atoms with Gasteiger partial charge in [-0.15, -0.1) is 5.10 Å². The summed E-state index contributed by atoms with van der Waals surface area (Å²) < 4.78 is 5.62. The Morgan fingerprint density at radius 2 is 2.25 bits per heavy atom. The van der Waals surface area contributed by atoms with Crippen LogP contribution in [0.2, 0.25) is 0 Å². The molecule has 2 heterocycles. The number of ether oxygens (including phenoxy) is 1. The molecule has 0 aliphatic carbocycles. The van der Waals surface area contributed by atoms with Crippen LogP contribution in [0.25, 0.3) is 0 Å². The number of carbonyl (C=O) groups excluding carboxylic acids is 1. The Balaban J connectivity index is 2.33. The van der Waals surface area contributed by atoms with Crippen molar-refractivity contribution in [1.82, 2.24) is 9.99 Å². The van der Waals surface area contributed by atoms with E-state index in [2.05, 4.69) is 10.1 Å². The number of amides is 1. The molecule has 0 saturated carbocycles. The van der Waals surface area contributed by atoms with E-state index in [1.54, 1.807) is 32.3 Å². The Morgan fingerprint density at radius 3 is 2.75 bits per heavy atom. The van der Waals surface area contributed by atoms with Gasteiger partial charge in [-0.3, -0.25) is 9.78 Å². The number of hydrogen-bond donors (Lipinski definition) is 0. The largest absolute Gasteiger partial charge is 0.448 e. The third-order valence-corrected chi connectivity index (χ3v) is 2.25. The highest BCUT2D eigenvalue weighted by Crippen LogP contribution is 2.26. The minimum absolute atomic E-state index is 0.149. The lowest BCUT2D eigenvalue weighted by Crippen LogP contribution is -2.41. The molecule has 0 unspecified atom stereocenters. The number of aromatic nitrogens is 1. The van der Waals surface area contributed by atoms with Gasteiger partial charge in [-0.2, -0.15) is 5.01 Å². The van der Waals surface area contributed by atoms with Crippen molar-refractivity contribution in [2.75, 3.05) is 0 Å². The monoisotopic (exact) mass is 219 g/mol. The number of hydrogen-bond acceptors (Lipinski definition) is 4. The van der Waals surface area contributed by atoms with Crippen LogP contribution in [-0.4, -0.2) is 27.5 Å². The van der Waals surface area contributed by atoms with Gasteiger partial charge in [-0.1, -0.05) is 0 Å². The first-order valence-electron chi connectivity index (χ1n) is 4.99. The first-order chi connectivity index (χ1) is 7.50. The SMILES string of the molecule is CC(=O)N1N=C(c2cccnc2)OC1(C)C. The summed E-state index contributed by atoms with van der Waals surface area (Å²) in [6, 6.07) is 3.64. The Hall–Kier alpha value is -1.91. The molecule has 0 fully saturated rings. The summed E-state index contributed by atoms with van der Waals surface area (Å²) in [6.07, 6.45) is 3.32. The van der Waals surface area contributed by atoms with Crippen molar-refractivity contribution < 1.29 is 9.53 Å². The van der Waals surface area contributed by atoms with Gasteiger partial charge >= 0.3 is 0 Å². The van der Waals surface area contributed by atoms with Crippen LogP contribution in [0.4, 0.5) is 0 Å². The van der Waals surface area contributed by atoms with Crippen molar-refractivity contribution in [3.05, 3.63) is 30.1 Å². The Morgan fingerprint density at radius 1 is 1.50 bits per heavy atom. The fourth-order valence-corrected chi connectivity index (χ4v) is 1.57. The maximum atomic E-state index is 11.4. The molecule has 0 aromatic carbocycles. The fourth-order valence-electron chi connectivity index (χ4n) is 1.57. The van der Waals surface area contributed by atoms with Gasteiger partial charge in [0.1, 0.15) is 0 Å². The molecular formula is C11H13N3O2. The van der Waals surface area contributed by atoms with Crippen LogP contribution in [0.1, 0.15) is 26.3 Å². The molecule has 0 radical (unpaired) electrons. The van der Waals surface area contributed by atoms with Gasteiger partial charge in [-0.25, -0.2) is 0 Å². The second-order valence-electron chi connectivity index (χ2n) is 4.03. The first kappa shape index (κ1) is 10.6. The number of carbonyl (C=O) groups is 1. The van der Waals surface area contributed by atoms with E-state index in [1.165, 1.54) is 11.9 Å². The molecule has 0 saturated heterocycles. The fraction of sp³-hybridized carbons (Fsp3) is 0.364. The zero-order valence-electron chi connectivity index (χ0n) is 9.47. The van der Waals surface area contributed by atoms with Gasteiger partial charge in [0.25, 0.3) is 0 Å². The zero-order chi connectivity index (χ0) is 11.8. The van der Waals surface area contributed by atoms with E-state index in [-0.39, 0.29) is 5.91 Å². The molecule has 0 bridgehead atoms. The molecule has 2 rings (SSSR count). The van der Waals surface area contributed by atoms with Crippen molar-refractivity contribution in [1.29, 1.82) is 0 Å². The molecule has 1 amide bonds. The minimum atomic E-state index is -0.739. The predicted molar refractivity (Wildman–Crippen MR) is 58.5 cm³/mol. The van der Waals surface area contributed by atoms with E-state index >= 15 is 0 Å².